The van der Waals surface area contributed by atoms with Crippen molar-refractivity contribution in [3.63, 3.8) is 0 Å². The van der Waals surface area contributed by atoms with Crippen LogP contribution in [0.1, 0.15) is 32.4 Å². The maximum Gasteiger partial charge on any atom is 0.313 e. The van der Waals surface area contributed by atoms with Crippen LogP contribution < -0.4 is 10.6 Å². The zero-order chi connectivity index (χ0) is 17.7. The molecule has 0 aliphatic carbocycles. The van der Waals surface area contributed by atoms with Crippen molar-refractivity contribution in [3.8, 4) is 0 Å². The summed E-state index contributed by atoms with van der Waals surface area (Å²) in [6.07, 6.45) is 1.48. The molecule has 1 aromatic carbocycles. The van der Waals surface area contributed by atoms with Gasteiger partial charge in [-0.25, -0.2) is 0 Å². The summed E-state index contributed by atoms with van der Waals surface area (Å²) >= 11 is 0. The molecule has 0 atom stereocenters. The maximum absolute atomic E-state index is 11.9. The van der Waals surface area contributed by atoms with Gasteiger partial charge < -0.3 is 20.7 Å². The Kier molecular flexibility index (Phi) is 5.62. The lowest BCUT2D eigenvalue weighted by Crippen LogP contribution is -2.36. The molecule has 6 nitrogen and oxygen atoms in total. The van der Waals surface area contributed by atoms with Gasteiger partial charge in [-0.1, -0.05) is 13.8 Å². The lowest BCUT2D eigenvalue weighted by atomic mass is 9.89. The highest BCUT2D eigenvalue weighted by atomic mass is 16.3. The number of carbonyl (C=O) groups excluding carboxylic acids is 2. The number of benzene rings is 1. The second-order valence-electron chi connectivity index (χ2n) is 6.89. The van der Waals surface area contributed by atoms with Gasteiger partial charge >= 0.3 is 11.8 Å². The first-order valence-corrected chi connectivity index (χ1v) is 8.10. The summed E-state index contributed by atoms with van der Waals surface area (Å²) in [6.45, 7) is 6.39. The van der Waals surface area contributed by atoms with Crippen LogP contribution in [-0.4, -0.2) is 35.1 Å². The summed E-state index contributed by atoms with van der Waals surface area (Å²) in [6, 6.07) is 7.43. The van der Waals surface area contributed by atoms with Gasteiger partial charge in [-0.15, -0.1) is 0 Å². The zero-order valence-corrected chi connectivity index (χ0v) is 14.4. The molecule has 0 saturated carbocycles. The van der Waals surface area contributed by atoms with Crippen molar-refractivity contribution in [1.29, 1.82) is 0 Å². The van der Waals surface area contributed by atoms with Crippen molar-refractivity contribution in [2.45, 2.75) is 33.6 Å². The van der Waals surface area contributed by atoms with E-state index in [1.807, 2.05) is 39.0 Å². The second kappa shape index (κ2) is 7.49. The number of aromatic amines is 1. The summed E-state index contributed by atoms with van der Waals surface area (Å²) in [4.78, 5) is 27.0. The minimum absolute atomic E-state index is 0.0997. The van der Waals surface area contributed by atoms with Crippen LogP contribution >= 0.6 is 0 Å². The van der Waals surface area contributed by atoms with Gasteiger partial charge in [0.15, 0.2) is 0 Å². The van der Waals surface area contributed by atoms with E-state index in [2.05, 4.69) is 15.6 Å². The molecule has 0 unspecified atom stereocenters. The molecule has 0 aliphatic heterocycles. The zero-order valence-electron chi connectivity index (χ0n) is 14.4. The van der Waals surface area contributed by atoms with E-state index < -0.39 is 11.8 Å². The van der Waals surface area contributed by atoms with Crippen LogP contribution in [0.2, 0.25) is 0 Å². The summed E-state index contributed by atoms with van der Waals surface area (Å²) in [5.74, 6) is -1.33. The molecule has 130 valence electrons. The van der Waals surface area contributed by atoms with Crippen molar-refractivity contribution < 1.29 is 14.7 Å². The minimum atomic E-state index is -0.678. The molecule has 4 N–H and O–H groups in total. The molecule has 2 aromatic rings. The first-order chi connectivity index (χ1) is 11.3. The largest absolute Gasteiger partial charge is 0.396 e. The minimum Gasteiger partial charge on any atom is -0.396 e. The SMILES string of the molecule is Cc1cc2cc(NC(=O)C(=O)NCCCC(C)(C)CO)ccc2[nH]1. The van der Waals surface area contributed by atoms with Crippen molar-refractivity contribution in [1.82, 2.24) is 10.3 Å². The van der Waals surface area contributed by atoms with Gasteiger partial charge in [0.2, 0.25) is 0 Å². The third-order valence-electron chi connectivity index (χ3n) is 3.96. The van der Waals surface area contributed by atoms with Gasteiger partial charge in [0, 0.05) is 35.4 Å². The lowest BCUT2D eigenvalue weighted by molar-refractivity contribution is -0.136. The van der Waals surface area contributed by atoms with Gasteiger partial charge in [0.25, 0.3) is 0 Å². The standard InChI is InChI=1S/C18H25N3O3/c1-12-9-13-10-14(5-6-15(13)20-12)21-17(24)16(23)19-8-4-7-18(2,3)11-22/h5-6,9-10,20,22H,4,7-8,11H2,1-3H3,(H,19,23)(H,21,24). The van der Waals surface area contributed by atoms with Crippen LogP contribution in [0.5, 0.6) is 0 Å². The highest BCUT2D eigenvalue weighted by Gasteiger charge is 2.17. The summed E-state index contributed by atoms with van der Waals surface area (Å²) in [5, 5.41) is 15.4. The summed E-state index contributed by atoms with van der Waals surface area (Å²) in [5.41, 5.74) is 2.44. The van der Waals surface area contributed by atoms with E-state index in [0.717, 1.165) is 23.0 Å². The van der Waals surface area contributed by atoms with Crippen molar-refractivity contribution in [2.24, 2.45) is 5.41 Å². The quantitative estimate of drug-likeness (QED) is 0.483. The fraction of sp³-hybridized carbons (Fsp3) is 0.444. The molecule has 24 heavy (non-hydrogen) atoms. The highest BCUT2D eigenvalue weighted by molar-refractivity contribution is 6.39. The van der Waals surface area contributed by atoms with Crippen molar-refractivity contribution >= 4 is 28.4 Å². The van der Waals surface area contributed by atoms with Gasteiger partial charge in [0.1, 0.15) is 0 Å². The number of hydrogen-bond acceptors (Lipinski definition) is 3. The van der Waals surface area contributed by atoms with Crippen LogP contribution in [0.4, 0.5) is 5.69 Å². The molecule has 0 aliphatic rings. The predicted molar refractivity (Wildman–Crippen MR) is 94.8 cm³/mol. The molecule has 0 fully saturated rings. The van der Waals surface area contributed by atoms with Gasteiger partial charge in [0.05, 0.1) is 0 Å². The Bertz CT molecular complexity index is 734. The number of aromatic nitrogens is 1. The molecule has 0 bridgehead atoms. The molecule has 0 spiro atoms. The van der Waals surface area contributed by atoms with E-state index in [1.54, 1.807) is 6.07 Å². The summed E-state index contributed by atoms with van der Waals surface area (Å²) in [7, 11) is 0. The number of H-pyrrole nitrogens is 1. The summed E-state index contributed by atoms with van der Waals surface area (Å²) < 4.78 is 0. The molecule has 1 aromatic heterocycles. The Hall–Kier alpha value is -2.34. The van der Waals surface area contributed by atoms with E-state index >= 15 is 0 Å². The van der Waals surface area contributed by atoms with E-state index in [4.69, 9.17) is 0 Å². The Labute approximate surface area is 141 Å². The molecule has 2 rings (SSSR count). The highest BCUT2D eigenvalue weighted by Crippen LogP contribution is 2.21. The number of anilines is 1. The van der Waals surface area contributed by atoms with Gasteiger partial charge in [-0.2, -0.15) is 0 Å². The molecule has 1 heterocycles. The van der Waals surface area contributed by atoms with E-state index in [1.165, 1.54) is 0 Å². The molecule has 0 radical (unpaired) electrons. The monoisotopic (exact) mass is 331 g/mol. The lowest BCUT2D eigenvalue weighted by Gasteiger charge is -2.21. The van der Waals surface area contributed by atoms with Crippen molar-refractivity contribution in [2.75, 3.05) is 18.5 Å². The van der Waals surface area contributed by atoms with Crippen LogP contribution in [0.3, 0.4) is 0 Å². The molecular weight excluding hydrogens is 306 g/mol. The Morgan fingerprint density at radius 1 is 1.21 bits per heavy atom. The number of aliphatic hydroxyl groups is 1. The van der Waals surface area contributed by atoms with Crippen LogP contribution in [0.15, 0.2) is 24.3 Å². The van der Waals surface area contributed by atoms with E-state index in [0.29, 0.717) is 18.7 Å². The third kappa shape index (κ3) is 4.83. The number of rotatable bonds is 6. The van der Waals surface area contributed by atoms with Gasteiger partial charge in [-0.05, 0) is 49.4 Å². The predicted octanol–water partition coefficient (Wildman–Crippen LogP) is 2.33. The average Bonchev–Trinajstić information content (AvgIpc) is 2.90. The van der Waals surface area contributed by atoms with Crippen LogP contribution in [0, 0.1) is 12.3 Å². The fourth-order valence-corrected chi connectivity index (χ4v) is 2.47. The van der Waals surface area contributed by atoms with E-state index in [9.17, 15) is 14.7 Å². The smallest absolute Gasteiger partial charge is 0.313 e. The maximum atomic E-state index is 11.9. The Balaban J connectivity index is 1.83. The van der Waals surface area contributed by atoms with E-state index in [-0.39, 0.29) is 12.0 Å². The number of carbonyl (C=O) groups is 2. The molecule has 0 saturated heterocycles. The second-order valence-corrected chi connectivity index (χ2v) is 6.89. The van der Waals surface area contributed by atoms with Crippen LogP contribution in [-0.2, 0) is 9.59 Å². The Morgan fingerprint density at radius 2 is 1.96 bits per heavy atom. The molecular formula is C18H25N3O3. The van der Waals surface area contributed by atoms with Crippen LogP contribution in [0.25, 0.3) is 10.9 Å². The average molecular weight is 331 g/mol. The molecule has 6 heteroatoms. The number of amides is 2. The first-order valence-electron chi connectivity index (χ1n) is 8.10. The fourth-order valence-electron chi connectivity index (χ4n) is 2.47. The number of aliphatic hydroxyl groups excluding tert-OH is 1. The van der Waals surface area contributed by atoms with Crippen molar-refractivity contribution in [3.05, 3.63) is 30.0 Å². The molecule has 2 amide bonds. The number of hydrogen-bond donors (Lipinski definition) is 4. The Morgan fingerprint density at radius 3 is 2.67 bits per heavy atom. The van der Waals surface area contributed by atoms with Gasteiger partial charge in [-0.3, -0.25) is 9.59 Å². The third-order valence-corrected chi connectivity index (χ3v) is 3.96. The number of fused-ring (bicyclic) bond motifs is 1. The number of aryl methyl sites for hydroxylation is 1. The number of nitrogens with one attached hydrogen (secondary N) is 3. The first kappa shape index (κ1) is 18.0. The normalized spacial score (nSPS) is 11.5. The topological polar surface area (TPSA) is 94.2 Å².